The lowest BCUT2D eigenvalue weighted by molar-refractivity contribution is 0.112. The lowest BCUT2D eigenvalue weighted by Crippen LogP contribution is -2.10. The zero-order valence-corrected chi connectivity index (χ0v) is 11.9. The van der Waals surface area contributed by atoms with E-state index in [1.54, 1.807) is 0 Å². The Balaban J connectivity index is 2.10. The summed E-state index contributed by atoms with van der Waals surface area (Å²) in [7, 11) is 0. The number of carbonyl (C=O) groups is 1. The van der Waals surface area contributed by atoms with E-state index in [4.69, 9.17) is 0 Å². The van der Waals surface area contributed by atoms with Crippen molar-refractivity contribution in [2.75, 3.05) is 0 Å². The van der Waals surface area contributed by atoms with Gasteiger partial charge in [-0.25, -0.2) is 0 Å². The molecule has 0 aliphatic carbocycles. The van der Waals surface area contributed by atoms with E-state index in [0.717, 1.165) is 30.4 Å². The molecular formula is C17H21NO. The van der Waals surface area contributed by atoms with Gasteiger partial charge in [-0.15, -0.1) is 0 Å². The van der Waals surface area contributed by atoms with Gasteiger partial charge in [-0.3, -0.25) is 4.79 Å². The first-order valence-electron chi connectivity index (χ1n) is 6.81. The van der Waals surface area contributed by atoms with Crippen LogP contribution in [0.4, 0.5) is 0 Å². The third-order valence-electron chi connectivity index (χ3n) is 3.78. The summed E-state index contributed by atoms with van der Waals surface area (Å²) in [5, 5.41) is 0. The molecule has 2 rings (SSSR count). The summed E-state index contributed by atoms with van der Waals surface area (Å²) < 4.78 is 2.27. The number of aromatic nitrogens is 1. The summed E-state index contributed by atoms with van der Waals surface area (Å²) >= 11 is 0. The molecule has 0 N–H and O–H groups in total. The fraction of sp³-hybridized carbons (Fsp3) is 0.353. The molecular weight excluding hydrogens is 234 g/mol. The van der Waals surface area contributed by atoms with Gasteiger partial charge in [0.25, 0.3) is 0 Å². The Bertz CT molecular complexity index is 554. The molecule has 2 aromatic rings. The number of rotatable bonds is 5. The van der Waals surface area contributed by atoms with Crippen LogP contribution in [0.2, 0.25) is 0 Å². The highest BCUT2D eigenvalue weighted by atomic mass is 16.1. The van der Waals surface area contributed by atoms with E-state index in [1.165, 1.54) is 11.3 Å². The topological polar surface area (TPSA) is 22.0 Å². The molecule has 1 aromatic carbocycles. The van der Waals surface area contributed by atoms with Gasteiger partial charge in [-0.2, -0.15) is 0 Å². The molecule has 1 atom stereocenters. The van der Waals surface area contributed by atoms with Crippen molar-refractivity contribution < 1.29 is 4.79 Å². The Kier molecular flexibility index (Phi) is 4.20. The number of carbonyl (C=O) groups excluding carboxylic acids is 1. The normalized spacial score (nSPS) is 12.4. The zero-order valence-electron chi connectivity index (χ0n) is 11.9. The SMILES string of the molecule is Cc1cc(C=O)c(C)n1C(C)CCc1ccccc1. The second-order valence-corrected chi connectivity index (χ2v) is 5.19. The van der Waals surface area contributed by atoms with Crippen molar-refractivity contribution in [3.63, 3.8) is 0 Å². The van der Waals surface area contributed by atoms with E-state index >= 15 is 0 Å². The summed E-state index contributed by atoms with van der Waals surface area (Å²) in [6.45, 7) is 6.31. The van der Waals surface area contributed by atoms with Crippen LogP contribution in [0.25, 0.3) is 0 Å². The number of nitrogens with zero attached hydrogens (tertiary/aromatic N) is 1. The number of hydrogen-bond donors (Lipinski definition) is 0. The Hall–Kier alpha value is -1.83. The second kappa shape index (κ2) is 5.87. The highest BCUT2D eigenvalue weighted by Crippen LogP contribution is 2.22. The molecule has 1 aromatic heterocycles. The average molecular weight is 255 g/mol. The van der Waals surface area contributed by atoms with Gasteiger partial charge in [0.15, 0.2) is 6.29 Å². The standard InChI is InChI=1S/C17H21NO/c1-13(9-10-16-7-5-4-6-8-16)18-14(2)11-17(12-19)15(18)3/h4-8,11-13H,9-10H2,1-3H3. The van der Waals surface area contributed by atoms with Crippen LogP contribution >= 0.6 is 0 Å². The van der Waals surface area contributed by atoms with Crippen molar-refractivity contribution in [2.24, 2.45) is 0 Å². The minimum atomic E-state index is 0.411. The van der Waals surface area contributed by atoms with Crippen molar-refractivity contribution >= 4 is 6.29 Å². The molecule has 0 saturated heterocycles. The quantitative estimate of drug-likeness (QED) is 0.737. The molecule has 0 spiro atoms. The molecule has 0 aliphatic rings. The fourth-order valence-corrected chi connectivity index (χ4v) is 2.75. The average Bonchev–Trinajstić information content (AvgIpc) is 2.72. The number of aryl methyl sites for hydroxylation is 2. The van der Waals surface area contributed by atoms with Crippen LogP contribution in [0, 0.1) is 13.8 Å². The molecule has 100 valence electrons. The highest BCUT2D eigenvalue weighted by molar-refractivity contribution is 5.77. The fourth-order valence-electron chi connectivity index (χ4n) is 2.75. The van der Waals surface area contributed by atoms with E-state index in [-0.39, 0.29) is 0 Å². The van der Waals surface area contributed by atoms with E-state index in [2.05, 4.69) is 42.7 Å². The Morgan fingerprint density at radius 1 is 1.21 bits per heavy atom. The molecule has 1 unspecified atom stereocenters. The van der Waals surface area contributed by atoms with Gasteiger partial charge >= 0.3 is 0 Å². The van der Waals surface area contributed by atoms with Gasteiger partial charge in [0.2, 0.25) is 0 Å². The maximum absolute atomic E-state index is 11.0. The molecule has 0 bridgehead atoms. The maximum atomic E-state index is 11.0. The summed E-state index contributed by atoms with van der Waals surface area (Å²) in [4.78, 5) is 11.0. The minimum absolute atomic E-state index is 0.411. The maximum Gasteiger partial charge on any atom is 0.151 e. The van der Waals surface area contributed by atoms with E-state index in [9.17, 15) is 4.79 Å². The van der Waals surface area contributed by atoms with Gasteiger partial charge in [0, 0.05) is 23.0 Å². The largest absolute Gasteiger partial charge is 0.346 e. The third kappa shape index (κ3) is 2.95. The van der Waals surface area contributed by atoms with Crippen LogP contribution in [-0.4, -0.2) is 10.9 Å². The Morgan fingerprint density at radius 3 is 2.47 bits per heavy atom. The molecule has 19 heavy (non-hydrogen) atoms. The van der Waals surface area contributed by atoms with Crippen molar-refractivity contribution in [3.05, 3.63) is 58.9 Å². The number of hydrogen-bond acceptors (Lipinski definition) is 1. The molecule has 2 heteroatoms. The van der Waals surface area contributed by atoms with Gasteiger partial charge < -0.3 is 4.57 Å². The van der Waals surface area contributed by atoms with Crippen LogP contribution < -0.4 is 0 Å². The van der Waals surface area contributed by atoms with Crippen molar-refractivity contribution in [3.8, 4) is 0 Å². The lowest BCUT2D eigenvalue weighted by Gasteiger charge is -2.18. The van der Waals surface area contributed by atoms with Gasteiger partial charge in [0.05, 0.1) is 0 Å². The molecule has 0 radical (unpaired) electrons. The van der Waals surface area contributed by atoms with Gasteiger partial charge in [-0.1, -0.05) is 30.3 Å². The second-order valence-electron chi connectivity index (χ2n) is 5.19. The first kappa shape index (κ1) is 13.6. The summed E-state index contributed by atoms with van der Waals surface area (Å²) in [5.74, 6) is 0. The molecule has 0 aliphatic heterocycles. The Morgan fingerprint density at radius 2 is 1.89 bits per heavy atom. The third-order valence-corrected chi connectivity index (χ3v) is 3.78. The monoisotopic (exact) mass is 255 g/mol. The smallest absolute Gasteiger partial charge is 0.151 e. The van der Waals surface area contributed by atoms with Crippen molar-refractivity contribution in [1.29, 1.82) is 0 Å². The summed E-state index contributed by atoms with van der Waals surface area (Å²) in [6, 6.07) is 12.9. The van der Waals surface area contributed by atoms with Crippen LogP contribution in [0.3, 0.4) is 0 Å². The summed E-state index contributed by atoms with van der Waals surface area (Å²) in [6.07, 6.45) is 3.09. The van der Waals surface area contributed by atoms with Crippen LogP contribution in [-0.2, 0) is 6.42 Å². The van der Waals surface area contributed by atoms with E-state index < -0.39 is 0 Å². The summed E-state index contributed by atoms with van der Waals surface area (Å²) in [5.41, 5.74) is 4.42. The van der Waals surface area contributed by atoms with Crippen molar-refractivity contribution in [2.45, 2.75) is 39.7 Å². The molecule has 0 saturated carbocycles. The number of aldehydes is 1. The first-order chi connectivity index (χ1) is 9.13. The van der Waals surface area contributed by atoms with Gasteiger partial charge in [-0.05, 0) is 45.2 Å². The van der Waals surface area contributed by atoms with Crippen LogP contribution in [0.15, 0.2) is 36.4 Å². The molecule has 1 heterocycles. The lowest BCUT2D eigenvalue weighted by atomic mass is 10.1. The van der Waals surface area contributed by atoms with Crippen LogP contribution in [0.1, 0.15) is 46.7 Å². The molecule has 2 nitrogen and oxygen atoms in total. The number of benzene rings is 1. The zero-order chi connectivity index (χ0) is 13.8. The Labute approximate surface area is 115 Å². The molecule has 0 amide bonds. The predicted octanol–water partition coefficient (Wildman–Crippen LogP) is 4.11. The first-order valence-corrected chi connectivity index (χ1v) is 6.81. The minimum Gasteiger partial charge on any atom is -0.346 e. The molecule has 0 fully saturated rings. The van der Waals surface area contributed by atoms with Gasteiger partial charge in [0.1, 0.15) is 0 Å². The predicted molar refractivity (Wildman–Crippen MR) is 78.8 cm³/mol. The van der Waals surface area contributed by atoms with Crippen LogP contribution in [0.5, 0.6) is 0 Å². The highest BCUT2D eigenvalue weighted by Gasteiger charge is 2.13. The van der Waals surface area contributed by atoms with E-state index in [1.807, 2.05) is 19.1 Å². The van der Waals surface area contributed by atoms with E-state index in [0.29, 0.717) is 6.04 Å². The van der Waals surface area contributed by atoms with Crippen molar-refractivity contribution in [1.82, 2.24) is 4.57 Å².